The molecule has 244 valence electrons. The maximum Gasteiger partial charge on any atom is 0.143 e. The fourth-order valence-corrected chi connectivity index (χ4v) is 9.23. The van der Waals surface area contributed by atoms with Crippen molar-refractivity contribution >= 4 is 54.3 Å². The topological polar surface area (TPSA) is 13.1 Å². The van der Waals surface area contributed by atoms with E-state index in [1.165, 1.54) is 93.3 Å². The molecule has 1 nitrogen and oxygen atoms in total. The van der Waals surface area contributed by atoms with E-state index in [-0.39, 0.29) is 5.41 Å². The van der Waals surface area contributed by atoms with Crippen molar-refractivity contribution in [2.24, 2.45) is 0 Å². The standard InChI is InChI=1S/C51H34O/c1-51(2)45-29-25-35(30-44(45)41-27-28-43-42-26-24-33-14-6-7-15-36(33)49(42)52-50(43)48(41)51)47-39-18-10-8-16-37(39)46(38-17-9-11-19-40(38)47)34-22-20-32(21-23-34)31-12-4-3-5-13-31/h3-30H,1-2H3. The van der Waals surface area contributed by atoms with Crippen LogP contribution in [0.3, 0.4) is 0 Å². The Morgan fingerprint density at radius 3 is 1.58 bits per heavy atom. The minimum atomic E-state index is -0.216. The summed E-state index contributed by atoms with van der Waals surface area (Å²) in [7, 11) is 0. The number of rotatable bonds is 3. The Kier molecular flexibility index (Phi) is 6.08. The van der Waals surface area contributed by atoms with Gasteiger partial charge in [0.1, 0.15) is 11.2 Å². The van der Waals surface area contributed by atoms with Crippen LogP contribution in [-0.2, 0) is 5.41 Å². The monoisotopic (exact) mass is 662 g/mol. The fourth-order valence-electron chi connectivity index (χ4n) is 9.23. The molecular weight excluding hydrogens is 629 g/mol. The van der Waals surface area contributed by atoms with Crippen LogP contribution in [-0.4, -0.2) is 0 Å². The Hall–Kier alpha value is -6.44. The molecule has 11 rings (SSSR count). The summed E-state index contributed by atoms with van der Waals surface area (Å²) in [6, 6.07) is 62.3. The van der Waals surface area contributed by atoms with Gasteiger partial charge in [-0.15, -0.1) is 0 Å². The van der Waals surface area contributed by atoms with Crippen LogP contribution < -0.4 is 0 Å². The molecule has 1 aromatic heterocycles. The van der Waals surface area contributed by atoms with Crippen molar-refractivity contribution in [3.63, 3.8) is 0 Å². The lowest BCUT2D eigenvalue weighted by Crippen LogP contribution is -2.15. The zero-order chi connectivity index (χ0) is 34.6. The van der Waals surface area contributed by atoms with E-state index in [9.17, 15) is 0 Å². The highest BCUT2D eigenvalue weighted by atomic mass is 16.3. The summed E-state index contributed by atoms with van der Waals surface area (Å²) in [6.07, 6.45) is 0. The Labute approximate surface area is 302 Å². The summed E-state index contributed by atoms with van der Waals surface area (Å²) >= 11 is 0. The van der Waals surface area contributed by atoms with Crippen LogP contribution in [0, 0.1) is 0 Å². The molecule has 1 aliphatic rings. The number of fused-ring (bicyclic) bond motifs is 11. The maximum absolute atomic E-state index is 6.89. The lowest BCUT2D eigenvalue weighted by Gasteiger charge is -2.22. The van der Waals surface area contributed by atoms with Crippen molar-refractivity contribution in [1.82, 2.24) is 0 Å². The first kappa shape index (κ1) is 29.3. The molecule has 1 aliphatic carbocycles. The average Bonchev–Trinajstić information content (AvgIpc) is 3.69. The summed E-state index contributed by atoms with van der Waals surface area (Å²) in [5, 5.41) is 9.78. The molecule has 1 heteroatoms. The lowest BCUT2D eigenvalue weighted by molar-refractivity contribution is 0.621. The fraction of sp³-hybridized carbons (Fsp3) is 0.0588. The SMILES string of the molecule is CC1(C)c2ccc(-c3c4ccccc4c(-c4ccc(-c5ccccc5)cc4)c4ccccc34)cc2-c2ccc3c(oc4c5ccccc5ccc34)c21. The summed E-state index contributed by atoms with van der Waals surface area (Å²) in [4.78, 5) is 0. The summed E-state index contributed by atoms with van der Waals surface area (Å²) in [5.74, 6) is 0. The van der Waals surface area contributed by atoms with Gasteiger partial charge in [-0.1, -0.05) is 166 Å². The molecule has 0 aliphatic heterocycles. The molecule has 0 radical (unpaired) electrons. The minimum Gasteiger partial charge on any atom is -0.455 e. The van der Waals surface area contributed by atoms with Gasteiger partial charge in [-0.3, -0.25) is 0 Å². The smallest absolute Gasteiger partial charge is 0.143 e. The van der Waals surface area contributed by atoms with Crippen LogP contribution in [0.4, 0.5) is 0 Å². The number of benzene rings is 9. The van der Waals surface area contributed by atoms with Gasteiger partial charge in [-0.2, -0.15) is 0 Å². The summed E-state index contributed by atoms with van der Waals surface area (Å²) in [5.41, 5.74) is 14.4. The van der Waals surface area contributed by atoms with Crippen LogP contribution >= 0.6 is 0 Å². The molecule has 0 amide bonds. The molecule has 0 saturated carbocycles. The lowest BCUT2D eigenvalue weighted by atomic mass is 9.81. The third-order valence-corrected chi connectivity index (χ3v) is 11.6. The van der Waals surface area contributed by atoms with E-state index in [1.807, 2.05) is 0 Å². The largest absolute Gasteiger partial charge is 0.455 e. The van der Waals surface area contributed by atoms with Gasteiger partial charge in [0.2, 0.25) is 0 Å². The van der Waals surface area contributed by atoms with E-state index in [0.29, 0.717) is 0 Å². The molecule has 52 heavy (non-hydrogen) atoms. The van der Waals surface area contributed by atoms with Crippen LogP contribution in [0.15, 0.2) is 174 Å². The van der Waals surface area contributed by atoms with Crippen LogP contribution in [0.25, 0.3) is 98.8 Å². The van der Waals surface area contributed by atoms with Crippen LogP contribution in [0.5, 0.6) is 0 Å². The van der Waals surface area contributed by atoms with Gasteiger partial charge in [-0.25, -0.2) is 0 Å². The van der Waals surface area contributed by atoms with E-state index >= 15 is 0 Å². The van der Waals surface area contributed by atoms with Gasteiger partial charge in [0, 0.05) is 27.1 Å². The van der Waals surface area contributed by atoms with E-state index in [1.54, 1.807) is 0 Å². The first-order valence-electron chi connectivity index (χ1n) is 18.2. The van der Waals surface area contributed by atoms with Crippen molar-refractivity contribution in [3.8, 4) is 44.5 Å². The number of hydrogen-bond acceptors (Lipinski definition) is 1. The zero-order valence-corrected chi connectivity index (χ0v) is 29.1. The highest BCUT2D eigenvalue weighted by molar-refractivity contribution is 6.22. The minimum absolute atomic E-state index is 0.216. The van der Waals surface area contributed by atoms with Crippen LogP contribution in [0.2, 0.25) is 0 Å². The average molecular weight is 663 g/mol. The summed E-state index contributed by atoms with van der Waals surface area (Å²) < 4.78 is 6.89. The normalized spacial score (nSPS) is 13.3. The van der Waals surface area contributed by atoms with E-state index in [2.05, 4.69) is 184 Å². The Morgan fingerprint density at radius 2 is 0.885 bits per heavy atom. The van der Waals surface area contributed by atoms with Crippen molar-refractivity contribution < 1.29 is 4.42 Å². The molecule has 0 fully saturated rings. The Morgan fingerprint density at radius 1 is 0.365 bits per heavy atom. The molecule has 10 aromatic rings. The number of hydrogen-bond donors (Lipinski definition) is 0. The van der Waals surface area contributed by atoms with Crippen molar-refractivity contribution in [1.29, 1.82) is 0 Å². The molecule has 0 bridgehead atoms. The van der Waals surface area contributed by atoms with E-state index in [4.69, 9.17) is 4.42 Å². The van der Waals surface area contributed by atoms with Crippen molar-refractivity contribution in [3.05, 3.63) is 181 Å². The zero-order valence-electron chi connectivity index (χ0n) is 29.1. The second-order valence-electron chi connectivity index (χ2n) is 14.8. The third kappa shape index (κ3) is 4.05. The molecule has 0 saturated heterocycles. The van der Waals surface area contributed by atoms with Gasteiger partial charge >= 0.3 is 0 Å². The van der Waals surface area contributed by atoms with Crippen molar-refractivity contribution in [2.45, 2.75) is 19.3 Å². The van der Waals surface area contributed by atoms with Crippen molar-refractivity contribution in [2.75, 3.05) is 0 Å². The molecule has 0 N–H and O–H groups in total. The Bertz CT molecular complexity index is 3010. The van der Waals surface area contributed by atoms with Gasteiger partial charge in [0.15, 0.2) is 0 Å². The molecule has 0 atom stereocenters. The van der Waals surface area contributed by atoms with Gasteiger partial charge < -0.3 is 4.42 Å². The molecule has 1 heterocycles. The van der Waals surface area contributed by atoms with Gasteiger partial charge in [-0.05, 0) is 95.2 Å². The second kappa shape index (κ2) is 10.8. The molecule has 9 aromatic carbocycles. The first-order valence-corrected chi connectivity index (χ1v) is 18.2. The summed E-state index contributed by atoms with van der Waals surface area (Å²) in [6.45, 7) is 4.70. The molecular formula is C51H34O. The van der Waals surface area contributed by atoms with Gasteiger partial charge in [0.05, 0.1) is 0 Å². The predicted molar refractivity (Wildman–Crippen MR) is 220 cm³/mol. The highest BCUT2D eigenvalue weighted by Gasteiger charge is 2.39. The Balaban J connectivity index is 1.12. The van der Waals surface area contributed by atoms with Crippen LogP contribution in [0.1, 0.15) is 25.0 Å². The quantitative estimate of drug-likeness (QED) is 0.172. The van der Waals surface area contributed by atoms with E-state index in [0.717, 1.165) is 16.6 Å². The predicted octanol–water partition coefficient (Wildman–Crippen LogP) is 14.4. The third-order valence-electron chi connectivity index (χ3n) is 11.6. The molecule has 0 unspecified atom stereocenters. The highest BCUT2D eigenvalue weighted by Crippen LogP contribution is 2.54. The number of furan rings is 1. The maximum atomic E-state index is 6.89. The van der Waals surface area contributed by atoms with E-state index < -0.39 is 0 Å². The molecule has 0 spiro atoms. The first-order chi connectivity index (χ1) is 25.6. The second-order valence-corrected chi connectivity index (χ2v) is 14.8. The van der Waals surface area contributed by atoms with Gasteiger partial charge in [0.25, 0.3) is 0 Å².